The first-order valence-corrected chi connectivity index (χ1v) is 5.99. The van der Waals surface area contributed by atoms with Gasteiger partial charge in [0.2, 0.25) is 0 Å². The van der Waals surface area contributed by atoms with Gasteiger partial charge in [-0.05, 0) is 46.6 Å². The lowest BCUT2D eigenvalue weighted by Gasteiger charge is -2.44. The van der Waals surface area contributed by atoms with Crippen molar-refractivity contribution in [3.63, 3.8) is 0 Å². The van der Waals surface area contributed by atoms with Crippen LogP contribution < -0.4 is 0 Å². The molecular formula is C12H24FNO. The molecule has 0 N–H and O–H groups in total. The third kappa shape index (κ3) is 4.07. The number of nitrogens with zero attached hydrogens (tertiary/aromatic N) is 1. The topological polar surface area (TPSA) is 12.5 Å². The van der Waals surface area contributed by atoms with Gasteiger partial charge in [-0.2, -0.15) is 0 Å². The Bertz CT molecular complexity index is 184. The molecule has 0 saturated carbocycles. The predicted octanol–water partition coefficient (Wildman–Crippen LogP) is 2.63. The second kappa shape index (κ2) is 5.80. The van der Waals surface area contributed by atoms with Crippen LogP contribution in [0.3, 0.4) is 0 Å². The number of unbranched alkanes of at least 4 members (excludes halogenated alkanes) is 2. The number of hydrogen-bond acceptors (Lipinski definition) is 2. The monoisotopic (exact) mass is 217 g/mol. The fourth-order valence-corrected chi connectivity index (χ4v) is 2.02. The molecule has 1 atom stereocenters. The second-order valence-electron chi connectivity index (χ2n) is 5.13. The van der Waals surface area contributed by atoms with Crippen molar-refractivity contribution in [1.29, 1.82) is 0 Å². The Labute approximate surface area is 92.8 Å². The Morgan fingerprint density at radius 1 is 1.33 bits per heavy atom. The summed E-state index contributed by atoms with van der Waals surface area (Å²) >= 11 is 0. The lowest BCUT2D eigenvalue weighted by molar-refractivity contribution is -0.0914. The van der Waals surface area contributed by atoms with Crippen molar-refractivity contribution < 1.29 is 9.13 Å². The fraction of sp³-hybridized carbons (Fsp3) is 1.00. The second-order valence-corrected chi connectivity index (χ2v) is 5.13. The molecular weight excluding hydrogens is 193 g/mol. The zero-order valence-corrected chi connectivity index (χ0v) is 10.3. The molecule has 0 aromatic rings. The molecule has 1 heterocycles. The van der Waals surface area contributed by atoms with Crippen LogP contribution >= 0.6 is 0 Å². The lowest BCUT2D eigenvalue weighted by atomic mass is 10.0. The highest BCUT2D eigenvalue weighted by molar-refractivity contribution is 4.86. The average molecular weight is 217 g/mol. The summed E-state index contributed by atoms with van der Waals surface area (Å²) in [5.74, 6) is 0. The summed E-state index contributed by atoms with van der Waals surface area (Å²) in [5, 5.41) is 0. The SMILES string of the molecule is C[C@@H]1CN(CCCCCF)C(C)(C)CO1. The van der Waals surface area contributed by atoms with Crippen LogP contribution in [0.5, 0.6) is 0 Å². The van der Waals surface area contributed by atoms with Crippen molar-refractivity contribution in [2.75, 3.05) is 26.4 Å². The fourth-order valence-electron chi connectivity index (χ4n) is 2.02. The zero-order chi connectivity index (χ0) is 11.3. The maximum atomic E-state index is 11.9. The maximum absolute atomic E-state index is 11.9. The van der Waals surface area contributed by atoms with Crippen molar-refractivity contribution in [2.24, 2.45) is 0 Å². The van der Waals surface area contributed by atoms with Gasteiger partial charge >= 0.3 is 0 Å². The van der Waals surface area contributed by atoms with Crippen molar-refractivity contribution in [1.82, 2.24) is 4.90 Å². The van der Waals surface area contributed by atoms with E-state index in [-0.39, 0.29) is 12.2 Å². The molecule has 0 aromatic carbocycles. The van der Waals surface area contributed by atoms with Gasteiger partial charge in [0.15, 0.2) is 0 Å². The molecule has 1 rings (SSSR count). The molecule has 15 heavy (non-hydrogen) atoms. The van der Waals surface area contributed by atoms with Crippen LogP contribution in [0.4, 0.5) is 4.39 Å². The molecule has 0 unspecified atom stereocenters. The Hall–Kier alpha value is -0.150. The summed E-state index contributed by atoms with van der Waals surface area (Å²) in [6.45, 7) is 9.25. The summed E-state index contributed by atoms with van der Waals surface area (Å²) in [7, 11) is 0. The molecule has 1 saturated heterocycles. The van der Waals surface area contributed by atoms with E-state index in [2.05, 4.69) is 25.7 Å². The van der Waals surface area contributed by atoms with E-state index in [1.165, 1.54) is 0 Å². The molecule has 0 radical (unpaired) electrons. The number of halogens is 1. The Morgan fingerprint density at radius 3 is 2.73 bits per heavy atom. The maximum Gasteiger partial charge on any atom is 0.0894 e. The number of ether oxygens (including phenoxy) is 1. The molecule has 0 aromatic heterocycles. The van der Waals surface area contributed by atoms with Crippen LogP contribution in [0.15, 0.2) is 0 Å². The average Bonchev–Trinajstić information content (AvgIpc) is 2.18. The van der Waals surface area contributed by atoms with Gasteiger partial charge in [0.05, 0.1) is 19.4 Å². The molecule has 1 aliphatic heterocycles. The molecule has 0 bridgehead atoms. The van der Waals surface area contributed by atoms with Gasteiger partial charge in [0, 0.05) is 12.1 Å². The first-order valence-electron chi connectivity index (χ1n) is 5.99. The molecule has 2 nitrogen and oxygen atoms in total. The third-order valence-corrected chi connectivity index (χ3v) is 3.12. The largest absolute Gasteiger partial charge is 0.375 e. The van der Waals surface area contributed by atoms with E-state index in [4.69, 9.17) is 4.74 Å². The predicted molar refractivity (Wildman–Crippen MR) is 60.9 cm³/mol. The number of rotatable bonds is 5. The van der Waals surface area contributed by atoms with Gasteiger partial charge in [0.25, 0.3) is 0 Å². The van der Waals surface area contributed by atoms with Crippen molar-refractivity contribution in [3.05, 3.63) is 0 Å². The highest BCUT2D eigenvalue weighted by Crippen LogP contribution is 2.22. The first kappa shape index (κ1) is 12.9. The van der Waals surface area contributed by atoms with E-state index in [9.17, 15) is 4.39 Å². The minimum absolute atomic E-state index is 0.141. The summed E-state index contributed by atoms with van der Waals surface area (Å²) in [4.78, 5) is 2.47. The van der Waals surface area contributed by atoms with Crippen LogP contribution in [0.25, 0.3) is 0 Å². The molecule has 1 aliphatic rings. The zero-order valence-electron chi connectivity index (χ0n) is 10.3. The number of morpholine rings is 1. The van der Waals surface area contributed by atoms with Crippen molar-refractivity contribution in [2.45, 2.75) is 51.7 Å². The van der Waals surface area contributed by atoms with E-state index in [1.54, 1.807) is 0 Å². The third-order valence-electron chi connectivity index (χ3n) is 3.12. The van der Waals surface area contributed by atoms with Crippen LogP contribution in [-0.4, -0.2) is 42.9 Å². The van der Waals surface area contributed by atoms with E-state index >= 15 is 0 Å². The van der Waals surface area contributed by atoms with Gasteiger partial charge < -0.3 is 4.74 Å². The normalized spacial score (nSPS) is 26.8. The highest BCUT2D eigenvalue weighted by Gasteiger charge is 2.32. The number of hydrogen-bond donors (Lipinski definition) is 0. The number of alkyl halides is 1. The quantitative estimate of drug-likeness (QED) is 0.656. The molecule has 0 amide bonds. The first-order chi connectivity index (χ1) is 7.06. The summed E-state index contributed by atoms with van der Waals surface area (Å²) in [5.41, 5.74) is 0.141. The van der Waals surface area contributed by atoms with Crippen LogP contribution in [0.2, 0.25) is 0 Å². The molecule has 0 spiro atoms. The Morgan fingerprint density at radius 2 is 2.07 bits per heavy atom. The van der Waals surface area contributed by atoms with E-state index in [1.807, 2.05) is 0 Å². The lowest BCUT2D eigenvalue weighted by Crippen LogP contribution is -2.55. The smallest absolute Gasteiger partial charge is 0.0894 e. The minimum Gasteiger partial charge on any atom is -0.375 e. The van der Waals surface area contributed by atoms with Crippen LogP contribution in [-0.2, 0) is 4.74 Å². The summed E-state index contributed by atoms with van der Waals surface area (Å²) in [6, 6.07) is 0. The molecule has 3 heteroatoms. The van der Waals surface area contributed by atoms with Gasteiger partial charge in [-0.1, -0.05) is 0 Å². The van der Waals surface area contributed by atoms with Gasteiger partial charge in [-0.25, -0.2) is 0 Å². The van der Waals surface area contributed by atoms with Gasteiger partial charge in [-0.3, -0.25) is 9.29 Å². The standard InChI is InChI=1S/C12H24FNO/c1-11-9-14(8-6-4-5-7-13)12(2,3)10-15-11/h11H,4-10H2,1-3H3/t11-/m1/s1. The Balaban J connectivity index is 2.30. The van der Waals surface area contributed by atoms with Crippen molar-refractivity contribution >= 4 is 0 Å². The van der Waals surface area contributed by atoms with Gasteiger partial charge in [-0.15, -0.1) is 0 Å². The summed E-state index contributed by atoms with van der Waals surface area (Å²) in [6.07, 6.45) is 3.14. The van der Waals surface area contributed by atoms with Crippen LogP contribution in [0.1, 0.15) is 40.0 Å². The summed E-state index contributed by atoms with van der Waals surface area (Å²) < 4.78 is 17.6. The van der Waals surface area contributed by atoms with Crippen LogP contribution in [0, 0.1) is 0 Å². The van der Waals surface area contributed by atoms with Crippen molar-refractivity contribution in [3.8, 4) is 0 Å². The minimum atomic E-state index is -0.178. The van der Waals surface area contributed by atoms with E-state index in [0.29, 0.717) is 12.5 Å². The molecule has 1 fully saturated rings. The van der Waals surface area contributed by atoms with E-state index < -0.39 is 0 Å². The highest BCUT2D eigenvalue weighted by atomic mass is 19.1. The Kier molecular flexibility index (Phi) is 5.00. The molecule has 90 valence electrons. The van der Waals surface area contributed by atoms with E-state index in [0.717, 1.165) is 32.5 Å². The van der Waals surface area contributed by atoms with Gasteiger partial charge in [0.1, 0.15) is 0 Å². The molecule has 0 aliphatic carbocycles.